The first-order valence-corrected chi connectivity index (χ1v) is 23.5. The van der Waals surface area contributed by atoms with Crippen LogP contribution < -0.4 is 26.2 Å². The number of hydrogen-bond acceptors (Lipinski definition) is 2. The van der Waals surface area contributed by atoms with Gasteiger partial charge in [0.2, 0.25) is 0 Å². The summed E-state index contributed by atoms with van der Waals surface area (Å²) in [6.07, 6.45) is 0. The van der Waals surface area contributed by atoms with Crippen molar-refractivity contribution in [3.63, 3.8) is 0 Å². The number of para-hydroxylation sites is 1. The average Bonchev–Trinajstić information content (AvgIpc) is 3.31. The molecule has 0 aliphatic carbocycles. The van der Waals surface area contributed by atoms with Gasteiger partial charge in [-0.05, 0) is 109 Å². The average molecular weight is 845 g/mol. The summed E-state index contributed by atoms with van der Waals surface area (Å²) < 4.78 is 0. The van der Waals surface area contributed by atoms with Crippen molar-refractivity contribution in [2.75, 3.05) is 9.80 Å². The molecule has 322 valence electrons. The summed E-state index contributed by atoms with van der Waals surface area (Å²) >= 11 is 0. The highest BCUT2D eigenvalue weighted by Gasteiger charge is 2.46. The highest BCUT2D eigenvalue weighted by molar-refractivity contribution is 7.00. The number of hydrogen-bond donors (Lipinski definition) is 0. The van der Waals surface area contributed by atoms with Crippen LogP contribution in [0.1, 0.15) is 103 Å². The third kappa shape index (κ3) is 7.21. The van der Waals surface area contributed by atoms with Gasteiger partial charge in [0.1, 0.15) is 0 Å². The molecule has 0 atom stereocenters. The van der Waals surface area contributed by atoms with Crippen molar-refractivity contribution in [1.29, 1.82) is 0 Å². The van der Waals surface area contributed by atoms with Crippen molar-refractivity contribution in [3.05, 3.63) is 221 Å². The number of nitrogens with zero attached hydrogens (tertiary/aromatic N) is 2. The maximum Gasteiger partial charge on any atom is 0.252 e. The third-order valence-corrected chi connectivity index (χ3v) is 14.6. The smallest absolute Gasteiger partial charge is 0.252 e. The number of rotatable bonds is 7. The van der Waals surface area contributed by atoms with Gasteiger partial charge in [-0.2, -0.15) is 0 Å². The molecule has 0 bridgehead atoms. The van der Waals surface area contributed by atoms with Crippen LogP contribution in [0.3, 0.4) is 0 Å². The van der Waals surface area contributed by atoms with Crippen LogP contribution in [0.5, 0.6) is 0 Å². The van der Waals surface area contributed by atoms with Gasteiger partial charge in [-0.25, -0.2) is 0 Å². The molecule has 0 saturated carbocycles. The highest BCUT2D eigenvalue weighted by atomic mass is 15.2. The first-order valence-electron chi connectivity index (χ1n) is 23.5. The van der Waals surface area contributed by atoms with Crippen molar-refractivity contribution < 1.29 is 0 Å². The Kier molecular flexibility index (Phi) is 10.1. The van der Waals surface area contributed by atoms with Crippen LogP contribution in [0.4, 0.5) is 34.1 Å². The molecule has 0 N–H and O–H groups in total. The zero-order valence-electron chi connectivity index (χ0n) is 39.9. The highest BCUT2D eigenvalue weighted by Crippen LogP contribution is 2.49. The fourth-order valence-electron chi connectivity index (χ4n) is 10.4. The van der Waals surface area contributed by atoms with Crippen LogP contribution in [-0.2, 0) is 21.7 Å². The Labute approximate surface area is 388 Å². The van der Waals surface area contributed by atoms with Gasteiger partial charge < -0.3 is 9.80 Å². The van der Waals surface area contributed by atoms with Crippen LogP contribution >= 0.6 is 0 Å². The molecule has 0 unspecified atom stereocenters. The van der Waals surface area contributed by atoms with Gasteiger partial charge in [0.25, 0.3) is 6.71 Å². The molecule has 2 aliphatic heterocycles. The normalized spacial score (nSPS) is 13.6. The van der Waals surface area contributed by atoms with Gasteiger partial charge in [0.05, 0.1) is 5.69 Å². The van der Waals surface area contributed by atoms with E-state index in [4.69, 9.17) is 0 Å². The Morgan fingerprint density at radius 1 is 0.323 bits per heavy atom. The van der Waals surface area contributed by atoms with E-state index < -0.39 is 0 Å². The van der Waals surface area contributed by atoms with Gasteiger partial charge in [-0.15, -0.1) is 0 Å². The fraction of sp³-hybridized carbons (Fsp3) is 0.226. The van der Waals surface area contributed by atoms with Crippen molar-refractivity contribution >= 4 is 57.2 Å². The predicted octanol–water partition coefficient (Wildman–Crippen LogP) is 14.7. The molecule has 2 heterocycles. The lowest BCUT2D eigenvalue weighted by Crippen LogP contribution is -2.62. The Balaban J connectivity index is 1.35. The Bertz CT molecular complexity index is 3040. The molecule has 0 saturated heterocycles. The molecule has 10 rings (SSSR count). The fourth-order valence-corrected chi connectivity index (χ4v) is 10.4. The number of fused-ring (bicyclic) bond motifs is 4. The van der Waals surface area contributed by atoms with Crippen molar-refractivity contribution in [1.82, 2.24) is 0 Å². The predicted molar refractivity (Wildman–Crippen MR) is 280 cm³/mol. The molecule has 3 heteroatoms. The van der Waals surface area contributed by atoms with Crippen LogP contribution in [-0.4, -0.2) is 6.71 Å². The van der Waals surface area contributed by atoms with E-state index in [1.807, 2.05) is 0 Å². The minimum atomic E-state index is -0.311. The lowest BCUT2D eigenvalue weighted by Gasteiger charge is -2.46. The SMILES string of the molecule is CC(C)(C)c1ccc(N2c3ccc(C(C)(C)C)cc3B3c4cc(C(C)(C)c5ccccc5)ccc4N(c4ccccc4-c4ccccc4)c4cc(C(C)(C)c5ccccc5)cc2c43)cc1. The summed E-state index contributed by atoms with van der Waals surface area (Å²) in [4.78, 5) is 5.19. The van der Waals surface area contributed by atoms with Crippen LogP contribution in [0.2, 0.25) is 0 Å². The summed E-state index contributed by atoms with van der Waals surface area (Å²) in [6, 6.07) is 71.1. The first-order chi connectivity index (χ1) is 31.0. The molecule has 2 aliphatic rings. The molecule has 8 aromatic carbocycles. The van der Waals surface area contributed by atoms with E-state index in [2.05, 4.69) is 267 Å². The summed E-state index contributed by atoms with van der Waals surface area (Å²) in [5.74, 6) is 0. The van der Waals surface area contributed by atoms with Crippen molar-refractivity contribution in [2.24, 2.45) is 0 Å². The van der Waals surface area contributed by atoms with E-state index in [-0.39, 0.29) is 28.4 Å². The van der Waals surface area contributed by atoms with Gasteiger partial charge in [0, 0.05) is 44.8 Å². The largest absolute Gasteiger partial charge is 0.311 e. The molecule has 0 aromatic heterocycles. The van der Waals surface area contributed by atoms with E-state index in [0.29, 0.717) is 0 Å². The summed E-state index contributed by atoms with van der Waals surface area (Å²) in [5.41, 5.74) is 20.9. The molecule has 65 heavy (non-hydrogen) atoms. The third-order valence-electron chi connectivity index (χ3n) is 14.6. The Morgan fingerprint density at radius 2 is 0.769 bits per heavy atom. The first kappa shape index (κ1) is 42.4. The zero-order chi connectivity index (χ0) is 45.5. The zero-order valence-corrected chi connectivity index (χ0v) is 39.9. The maximum atomic E-state index is 2.61. The van der Waals surface area contributed by atoms with E-state index in [9.17, 15) is 0 Å². The topological polar surface area (TPSA) is 6.48 Å². The standard InChI is InChI=1S/C62H61BN2/c1-59(2,3)43-30-34-49(35-31-43)64-54-36-32-46(60(4,5)6)38-51(54)63-52-39-47(61(7,8)44-24-16-12-17-25-44)33-37-55(52)65(53-29-21-20-28-50(53)42-22-14-11-15-23-42)57-41-48(40-56(64)58(57)63)62(9,10)45-26-18-13-19-27-45/h11-41H,1-10H3. The molecule has 8 aromatic rings. The minimum Gasteiger partial charge on any atom is -0.311 e. The van der Waals surface area contributed by atoms with Crippen LogP contribution in [0.15, 0.2) is 188 Å². The summed E-state index contributed by atoms with van der Waals surface area (Å²) in [7, 11) is 0. The molecular weight excluding hydrogens is 784 g/mol. The van der Waals surface area contributed by atoms with E-state index in [1.54, 1.807) is 0 Å². The Morgan fingerprint density at radius 3 is 1.34 bits per heavy atom. The molecule has 0 amide bonds. The maximum absolute atomic E-state index is 2.61. The molecule has 0 radical (unpaired) electrons. The molecular formula is C62H61BN2. The summed E-state index contributed by atoms with van der Waals surface area (Å²) in [5, 5.41) is 0. The van der Waals surface area contributed by atoms with Gasteiger partial charge in [0.15, 0.2) is 0 Å². The minimum absolute atomic E-state index is 0.0297. The van der Waals surface area contributed by atoms with E-state index in [1.165, 1.54) is 95.0 Å². The second-order valence-corrected chi connectivity index (χ2v) is 21.5. The summed E-state index contributed by atoms with van der Waals surface area (Å²) in [6.45, 7) is 23.4. The van der Waals surface area contributed by atoms with Crippen LogP contribution in [0, 0.1) is 0 Å². The van der Waals surface area contributed by atoms with Crippen molar-refractivity contribution in [2.45, 2.75) is 90.9 Å². The second-order valence-electron chi connectivity index (χ2n) is 21.5. The molecule has 0 spiro atoms. The lowest BCUT2D eigenvalue weighted by molar-refractivity contribution is 0.590. The van der Waals surface area contributed by atoms with Gasteiger partial charge >= 0.3 is 0 Å². The van der Waals surface area contributed by atoms with Crippen molar-refractivity contribution in [3.8, 4) is 11.1 Å². The van der Waals surface area contributed by atoms with E-state index >= 15 is 0 Å². The van der Waals surface area contributed by atoms with Crippen LogP contribution in [0.25, 0.3) is 11.1 Å². The lowest BCUT2D eigenvalue weighted by atomic mass is 9.33. The van der Waals surface area contributed by atoms with Gasteiger partial charge in [-0.1, -0.05) is 215 Å². The number of anilines is 6. The molecule has 0 fully saturated rings. The quantitative estimate of drug-likeness (QED) is 0.148. The Hall–Kier alpha value is -6.58. The van der Waals surface area contributed by atoms with Gasteiger partial charge in [-0.3, -0.25) is 0 Å². The van der Waals surface area contributed by atoms with E-state index in [0.717, 1.165) is 0 Å². The monoisotopic (exact) mass is 844 g/mol. The molecule has 2 nitrogen and oxygen atoms in total. The number of benzene rings is 8. The second kappa shape index (κ2) is 15.6.